The van der Waals surface area contributed by atoms with Gasteiger partial charge < -0.3 is 10.7 Å². The number of benzene rings is 1. The first-order chi connectivity index (χ1) is 8.79. The van der Waals surface area contributed by atoms with Gasteiger partial charge in [0.1, 0.15) is 5.82 Å². The van der Waals surface area contributed by atoms with E-state index >= 15 is 0 Å². The van der Waals surface area contributed by atoms with Crippen molar-refractivity contribution in [1.82, 2.24) is 9.97 Å². The molecule has 1 heterocycles. The fourth-order valence-electron chi connectivity index (χ4n) is 1.62. The molecule has 2 rings (SSSR count). The van der Waals surface area contributed by atoms with Crippen molar-refractivity contribution in [3.63, 3.8) is 0 Å². The van der Waals surface area contributed by atoms with Crippen LogP contribution in [0.2, 0.25) is 0 Å². The molecule has 0 radical (unpaired) electrons. The molecule has 0 bridgehead atoms. The zero-order valence-corrected chi connectivity index (χ0v) is 10.5. The molecular formula is C12H13FN4O2. The molecule has 0 saturated heterocycles. The second-order valence-corrected chi connectivity index (χ2v) is 4.79. The average Bonchev–Trinajstić information content (AvgIpc) is 2.78. The molecule has 2 aromatic rings. The third-order valence-corrected chi connectivity index (χ3v) is 2.64. The Labute approximate surface area is 108 Å². The molecule has 0 spiro atoms. The lowest BCUT2D eigenvalue weighted by Crippen LogP contribution is -2.30. The Hall–Kier alpha value is -2.28. The molecule has 1 aromatic carbocycles. The van der Waals surface area contributed by atoms with Crippen LogP contribution < -0.4 is 5.73 Å². The summed E-state index contributed by atoms with van der Waals surface area (Å²) in [6, 6.07) is 3.67. The van der Waals surface area contributed by atoms with Gasteiger partial charge in [-0.1, -0.05) is 0 Å². The molecule has 0 unspecified atom stereocenters. The Kier molecular flexibility index (Phi) is 3.07. The second kappa shape index (κ2) is 4.43. The number of nitrogens with one attached hydrogen (secondary N) is 1. The Morgan fingerprint density at radius 2 is 2.16 bits per heavy atom. The van der Waals surface area contributed by atoms with Crippen molar-refractivity contribution in [1.29, 1.82) is 0 Å². The summed E-state index contributed by atoms with van der Waals surface area (Å²) in [5.41, 5.74) is 5.71. The summed E-state index contributed by atoms with van der Waals surface area (Å²) in [6.07, 6.45) is 1.51. The number of aromatic nitrogens is 2. The zero-order valence-electron chi connectivity index (χ0n) is 10.5. The van der Waals surface area contributed by atoms with E-state index in [0.717, 1.165) is 12.1 Å². The Morgan fingerprint density at radius 3 is 2.68 bits per heavy atom. The number of imidazole rings is 1. The van der Waals surface area contributed by atoms with Crippen LogP contribution in [-0.4, -0.2) is 14.9 Å². The molecule has 1 aromatic heterocycles. The molecule has 100 valence electrons. The van der Waals surface area contributed by atoms with Crippen LogP contribution in [0, 0.1) is 15.9 Å². The van der Waals surface area contributed by atoms with Crippen molar-refractivity contribution in [3.05, 3.63) is 46.2 Å². The maximum atomic E-state index is 13.2. The fraction of sp³-hybridized carbons (Fsp3) is 0.250. The molecule has 0 atom stereocenters. The number of H-pyrrole nitrogens is 1. The molecule has 0 amide bonds. The van der Waals surface area contributed by atoms with E-state index in [1.54, 1.807) is 13.8 Å². The lowest BCUT2D eigenvalue weighted by atomic mass is 10.1. The number of hydrogen-bond acceptors (Lipinski definition) is 4. The number of rotatable bonds is 3. The number of nitro groups is 1. The summed E-state index contributed by atoms with van der Waals surface area (Å²) < 4.78 is 13.2. The van der Waals surface area contributed by atoms with Gasteiger partial charge in [-0.15, -0.1) is 0 Å². The highest BCUT2D eigenvalue weighted by Gasteiger charge is 2.20. The zero-order chi connectivity index (χ0) is 14.2. The number of hydrogen-bond donors (Lipinski definition) is 2. The molecule has 0 saturated carbocycles. The van der Waals surface area contributed by atoms with Crippen molar-refractivity contribution in [2.45, 2.75) is 19.4 Å². The lowest BCUT2D eigenvalue weighted by molar-refractivity contribution is -0.387. The molecule has 0 aliphatic heterocycles. The van der Waals surface area contributed by atoms with Crippen molar-refractivity contribution >= 4 is 5.69 Å². The highest BCUT2D eigenvalue weighted by molar-refractivity contribution is 5.62. The van der Waals surface area contributed by atoms with E-state index in [4.69, 9.17) is 5.73 Å². The second-order valence-electron chi connectivity index (χ2n) is 4.79. The monoisotopic (exact) mass is 264 g/mol. The highest BCUT2D eigenvalue weighted by atomic mass is 19.1. The molecule has 3 N–H and O–H groups in total. The summed E-state index contributed by atoms with van der Waals surface area (Å²) in [5, 5.41) is 10.7. The number of aromatic amines is 1. The van der Waals surface area contributed by atoms with Gasteiger partial charge in [0.25, 0.3) is 0 Å². The van der Waals surface area contributed by atoms with Gasteiger partial charge in [0, 0.05) is 11.6 Å². The lowest BCUT2D eigenvalue weighted by Gasteiger charge is -2.14. The maximum Gasteiger partial charge on any atom is 0.305 e. The minimum atomic E-state index is -0.868. The normalized spacial score (nSPS) is 11.6. The van der Waals surface area contributed by atoms with Crippen molar-refractivity contribution in [2.75, 3.05) is 0 Å². The standard InChI is InChI=1S/C12H13FN4O2/c1-12(2,14)11-15-6-9(16-11)7-3-4-8(13)10(5-7)17(18)19/h3-6H,14H2,1-2H3,(H,15,16). The van der Waals surface area contributed by atoms with Crippen LogP contribution in [-0.2, 0) is 5.54 Å². The van der Waals surface area contributed by atoms with Crippen LogP contribution in [0.3, 0.4) is 0 Å². The molecule has 7 heteroatoms. The van der Waals surface area contributed by atoms with Crippen LogP contribution in [0.4, 0.5) is 10.1 Å². The van der Waals surface area contributed by atoms with Gasteiger partial charge in [-0.05, 0) is 26.0 Å². The molecule has 19 heavy (non-hydrogen) atoms. The van der Waals surface area contributed by atoms with Gasteiger partial charge in [-0.25, -0.2) is 4.98 Å². The summed E-state index contributed by atoms with van der Waals surface area (Å²) in [6.45, 7) is 3.56. The summed E-state index contributed by atoms with van der Waals surface area (Å²) >= 11 is 0. The molecule has 0 aliphatic carbocycles. The van der Waals surface area contributed by atoms with Gasteiger partial charge in [0.05, 0.1) is 22.4 Å². The van der Waals surface area contributed by atoms with Crippen LogP contribution >= 0.6 is 0 Å². The summed E-state index contributed by atoms with van der Waals surface area (Å²) in [4.78, 5) is 17.0. The van der Waals surface area contributed by atoms with E-state index in [2.05, 4.69) is 9.97 Å². The van der Waals surface area contributed by atoms with Crippen LogP contribution in [0.5, 0.6) is 0 Å². The minimum absolute atomic E-state index is 0.483. The average molecular weight is 264 g/mol. The van der Waals surface area contributed by atoms with Crippen LogP contribution in [0.1, 0.15) is 19.7 Å². The maximum absolute atomic E-state index is 13.2. The van der Waals surface area contributed by atoms with Crippen molar-refractivity contribution in [3.8, 4) is 11.3 Å². The Bertz CT molecular complexity index is 631. The van der Waals surface area contributed by atoms with Gasteiger partial charge in [0.2, 0.25) is 5.82 Å². The first-order valence-electron chi connectivity index (χ1n) is 5.57. The Balaban J connectivity index is 2.45. The summed E-state index contributed by atoms with van der Waals surface area (Å²) in [7, 11) is 0. The van der Waals surface area contributed by atoms with Gasteiger partial charge in [0.15, 0.2) is 0 Å². The molecule has 0 fully saturated rings. The first-order valence-corrected chi connectivity index (χ1v) is 5.57. The molecular weight excluding hydrogens is 251 g/mol. The van der Waals surface area contributed by atoms with Crippen LogP contribution in [0.15, 0.2) is 24.4 Å². The van der Waals surface area contributed by atoms with E-state index in [0.29, 0.717) is 17.1 Å². The van der Waals surface area contributed by atoms with Gasteiger partial charge in [-0.2, -0.15) is 4.39 Å². The van der Waals surface area contributed by atoms with Gasteiger partial charge >= 0.3 is 5.69 Å². The molecule has 0 aliphatic rings. The largest absolute Gasteiger partial charge is 0.340 e. The SMILES string of the molecule is CC(C)(N)c1ncc(-c2ccc(F)c([N+](=O)[O-])c2)[nH]1. The third kappa shape index (κ3) is 2.60. The highest BCUT2D eigenvalue weighted by Crippen LogP contribution is 2.26. The Morgan fingerprint density at radius 1 is 1.47 bits per heavy atom. The van der Waals surface area contributed by atoms with E-state index in [9.17, 15) is 14.5 Å². The topological polar surface area (TPSA) is 97.8 Å². The quantitative estimate of drug-likeness (QED) is 0.656. The predicted molar refractivity (Wildman–Crippen MR) is 67.8 cm³/mol. The number of nitrogens with zero attached hydrogens (tertiary/aromatic N) is 2. The van der Waals surface area contributed by atoms with E-state index < -0.39 is 22.0 Å². The smallest absolute Gasteiger partial charge is 0.305 e. The molecule has 6 nitrogen and oxygen atoms in total. The van der Waals surface area contributed by atoms with E-state index in [-0.39, 0.29) is 0 Å². The number of nitro benzene ring substituents is 1. The third-order valence-electron chi connectivity index (χ3n) is 2.64. The fourth-order valence-corrected chi connectivity index (χ4v) is 1.62. The first kappa shape index (κ1) is 13.2. The number of halogens is 1. The number of nitrogens with two attached hydrogens (primary N) is 1. The van der Waals surface area contributed by atoms with Crippen molar-refractivity contribution in [2.24, 2.45) is 5.73 Å². The van der Waals surface area contributed by atoms with Crippen molar-refractivity contribution < 1.29 is 9.31 Å². The van der Waals surface area contributed by atoms with E-state index in [1.807, 2.05) is 0 Å². The minimum Gasteiger partial charge on any atom is -0.340 e. The predicted octanol–water partition coefficient (Wildman–Crippen LogP) is 2.32. The van der Waals surface area contributed by atoms with Gasteiger partial charge in [-0.3, -0.25) is 10.1 Å². The van der Waals surface area contributed by atoms with E-state index in [1.165, 1.54) is 12.3 Å². The summed E-state index contributed by atoms with van der Waals surface area (Å²) in [5.74, 6) is -0.317. The van der Waals surface area contributed by atoms with Crippen LogP contribution in [0.25, 0.3) is 11.3 Å².